The second-order valence-electron chi connectivity index (χ2n) is 5.82. The summed E-state index contributed by atoms with van der Waals surface area (Å²) in [5, 5.41) is 0. The van der Waals surface area contributed by atoms with Crippen molar-refractivity contribution >= 4 is 0 Å². The molecule has 1 aromatic carbocycles. The van der Waals surface area contributed by atoms with Gasteiger partial charge in [-0.2, -0.15) is 0 Å². The SMILES string of the molecule is N[C@H]1CCCC[C@H]1N1CCc2ccccc2CC1. The number of rotatable bonds is 1. The van der Waals surface area contributed by atoms with E-state index in [-0.39, 0.29) is 0 Å². The molecule has 2 atom stereocenters. The molecule has 0 bridgehead atoms. The van der Waals surface area contributed by atoms with Crippen LogP contribution in [0.1, 0.15) is 36.8 Å². The molecular formula is C16H24N2. The van der Waals surface area contributed by atoms with Gasteiger partial charge in [0.25, 0.3) is 0 Å². The first-order chi connectivity index (χ1) is 8.84. The summed E-state index contributed by atoms with van der Waals surface area (Å²) in [6.45, 7) is 2.38. The summed E-state index contributed by atoms with van der Waals surface area (Å²) in [4.78, 5) is 2.66. The van der Waals surface area contributed by atoms with Crippen molar-refractivity contribution in [3.8, 4) is 0 Å². The zero-order chi connectivity index (χ0) is 12.4. The van der Waals surface area contributed by atoms with Crippen molar-refractivity contribution < 1.29 is 0 Å². The number of fused-ring (bicyclic) bond motifs is 1. The molecule has 0 aromatic heterocycles. The third-order valence-electron chi connectivity index (χ3n) is 4.71. The second kappa shape index (κ2) is 5.41. The summed E-state index contributed by atoms with van der Waals surface area (Å²) < 4.78 is 0. The largest absolute Gasteiger partial charge is 0.326 e. The summed E-state index contributed by atoms with van der Waals surface area (Å²) >= 11 is 0. The van der Waals surface area contributed by atoms with E-state index in [0.717, 1.165) is 0 Å². The second-order valence-corrected chi connectivity index (χ2v) is 5.82. The molecule has 1 aromatic rings. The molecule has 3 rings (SSSR count). The van der Waals surface area contributed by atoms with Gasteiger partial charge in [-0.25, -0.2) is 0 Å². The van der Waals surface area contributed by atoms with E-state index < -0.39 is 0 Å². The van der Waals surface area contributed by atoms with Gasteiger partial charge < -0.3 is 5.73 Å². The van der Waals surface area contributed by atoms with E-state index in [4.69, 9.17) is 5.73 Å². The fraction of sp³-hybridized carbons (Fsp3) is 0.625. The third kappa shape index (κ3) is 2.45. The lowest BCUT2D eigenvalue weighted by Gasteiger charge is -2.37. The summed E-state index contributed by atoms with van der Waals surface area (Å²) in [5.74, 6) is 0. The highest BCUT2D eigenvalue weighted by molar-refractivity contribution is 5.28. The Hall–Kier alpha value is -0.860. The highest BCUT2D eigenvalue weighted by atomic mass is 15.2. The predicted molar refractivity (Wildman–Crippen MR) is 75.7 cm³/mol. The Morgan fingerprint density at radius 3 is 2.17 bits per heavy atom. The van der Waals surface area contributed by atoms with Crippen LogP contribution in [0.5, 0.6) is 0 Å². The maximum Gasteiger partial charge on any atom is 0.0247 e. The van der Waals surface area contributed by atoms with E-state index in [1.807, 2.05) is 0 Å². The smallest absolute Gasteiger partial charge is 0.0247 e. The molecule has 1 fully saturated rings. The minimum Gasteiger partial charge on any atom is -0.326 e. The van der Waals surface area contributed by atoms with Crippen LogP contribution >= 0.6 is 0 Å². The van der Waals surface area contributed by atoms with Crippen molar-refractivity contribution in [2.24, 2.45) is 5.73 Å². The Labute approximate surface area is 110 Å². The van der Waals surface area contributed by atoms with Crippen LogP contribution in [0.25, 0.3) is 0 Å². The fourth-order valence-corrected chi connectivity index (χ4v) is 3.61. The van der Waals surface area contributed by atoms with Crippen LogP contribution in [-0.2, 0) is 12.8 Å². The van der Waals surface area contributed by atoms with E-state index in [1.54, 1.807) is 11.1 Å². The Bertz CT molecular complexity index is 375. The molecular weight excluding hydrogens is 220 g/mol. The van der Waals surface area contributed by atoms with Crippen LogP contribution < -0.4 is 5.73 Å². The summed E-state index contributed by atoms with van der Waals surface area (Å²) in [6.07, 6.45) is 7.60. The first kappa shape index (κ1) is 12.2. The standard InChI is InChI=1S/C16H24N2/c17-15-7-3-4-8-16(15)18-11-9-13-5-1-2-6-14(13)10-12-18/h1-2,5-6,15-16H,3-4,7-12,17H2/t15-,16+/m0/s1. The van der Waals surface area contributed by atoms with Crippen molar-refractivity contribution in [1.82, 2.24) is 4.90 Å². The minimum absolute atomic E-state index is 0.403. The zero-order valence-corrected chi connectivity index (χ0v) is 11.1. The van der Waals surface area contributed by atoms with Crippen LogP contribution in [0.3, 0.4) is 0 Å². The maximum absolute atomic E-state index is 6.32. The van der Waals surface area contributed by atoms with Crippen LogP contribution in [-0.4, -0.2) is 30.1 Å². The van der Waals surface area contributed by atoms with Crippen molar-refractivity contribution in [2.75, 3.05) is 13.1 Å². The summed E-state index contributed by atoms with van der Waals surface area (Å²) in [7, 11) is 0. The molecule has 2 nitrogen and oxygen atoms in total. The van der Waals surface area contributed by atoms with Crippen LogP contribution in [0.15, 0.2) is 24.3 Å². The van der Waals surface area contributed by atoms with Gasteiger partial charge in [-0.1, -0.05) is 37.1 Å². The lowest BCUT2D eigenvalue weighted by molar-refractivity contribution is 0.143. The van der Waals surface area contributed by atoms with Crippen LogP contribution in [0.4, 0.5) is 0 Å². The Kier molecular flexibility index (Phi) is 3.67. The van der Waals surface area contributed by atoms with Gasteiger partial charge in [-0.05, 0) is 36.8 Å². The molecule has 1 heterocycles. The quantitative estimate of drug-likeness (QED) is 0.821. The fourth-order valence-electron chi connectivity index (χ4n) is 3.61. The van der Waals surface area contributed by atoms with Crippen molar-refractivity contribution in [1.29, 1.82) is 0 Å². The van der Waals surface area contributed by atoms with Crippen molar-refractivity contribution in [3.63, 3.8) is 0 Å². The Balaban J connectivity index is 1.70. The molecule has 0 saturated heterocycles. The highest BCUT2D eigenvalue weighted by Gasteiger charge is 2.28. The molecule has 98 valence electrons. The lowest BCUT2D eigenvalue weighted by Crippen LogP contribution is -2.50. The van der Waals surface area contributed by atoms with Gasteiger partial charge in [0.1, 0.15) is 0 Å². The number of hydrogen-bond acceptors (Lipinski definition) is 2. The Morgan fingerprint density at radius 1 is 0.944 bits per heavy atom. The molecule has 2 N–H and O–H groups in total. The molecule has 0 spiro atoms. The number of nitrogens with two attached hydrogens (primary N) is 1. The third-order valence-corrected chi connectivity index (χ3v) is 4.71. The van der Waals surface area contributed by atoms with E-state index >= 15 is 0 Å². The van der Waals surface area contributed by atoms with Crippen molar-refractivity contribution in [3.05, 3.63) is 35.4 Å². The molecule has 0 amide bonds. The molecule has 2 heteroatoms. The lowest BCUT2D eigenvalue weighted by atomic mass is 9.89. The molecule has 1 saturated carbocycles. The molecule has 0 radical (unpaired) electrons. The van der Waals surface area contributed by atoms with Gasteiger partial charge in [-0.3, -0.25) is 4.90 Å². The Morgan fingerprint density at radius 2 is 1.56 bits per heavy atom. The molecule has 1 aliphatic carbocycles. The highest BCUT2D eigenvalue weighted by Crippen LogP contribution is 2.24. The minimum atomic E-state index is 0.403. The maximum atomic E-state index is 6.32. The van der Waals surface area contributed by atoms with E-state index in [0.29, 0.717) is 12.1 Å². The topological polar surface area (TPSA) is 29.3 Å². The average molecular weight is 244 g/mol. The molecule has 1 aliphatic heterocycles. The summed E-state index contributed by atoms with van der Waals surface area (Å²) in [5.41, 5.74) is 9.42. The van der Waals surface area contributed by atoms with E-state index in [1.165, 1.54) is 51.6 Å². The van der Waals surface area contributed by atoms with Crippen molar-refractivity contribution in [2.45, 2.75) is 50.6 Å². The predicted octanol–water partition coefficient (Wildman–Crippen LogP) is 2.36. The number of hydrogen-bond donors (Lipinski definition) is 1. The van der Waals surface area contributed by atoms with Gasteiger partial charge in [0.05, 0.1) is 0 Å². The number of nitrogens with zero attached hydrogens (tertiary/aromatic N) is 1. The van der Waals surface area contributed by atoms with Gasteiger partial charge in [0, 0.05) is 25.2 Å². The van der Waals surface area contributed by atoms with Crippen LogP contribution in [0.2, 0.25) is 0 Å². The van der Waals surface area contributed by atoms with Crippen LogP contribution in [0, 0.1) is 0 Å². The average Bonchev–Trinajstić information content (AvgIpc) is 2.62. The van der Waals surface area contributed by atoms with E-state index in [9.17, 15) is 0 Å². The van der Waals surface area contributed by atoms with E-state index in [2.05, 4.69) is 29.2 Å². The first-order valence-corrected chi connectivity index (χ1v) is 7.41. The molecule has 18 heavy (non-hydrogen) atoms. The monoisotopic (exact) mass is 244 g/mol. The van der Waals surface area contributed by atoms with Gasteiger partial charge in [-0.15, -0.1) is 0 Å². The first-order valence-electron chi connectivity index (χ1n) is 7.41. The van der Waals surface area contributed by atoms with Gasteiger partial charge in [0.15, 0.2) is 0 Å². The number of benzene rings is 1. The van der Waals surface area contributed by atoms with Gasteiger partial charge >= 0.3 is 0 Å². The zero-order valence-electron chi connectivity index (χ0n) is 11.1. The molecule has 2 aliphatic rings. The molecule has 0 unspecified atom stereocenters. The summed E-state index contributed by atoms with van der Waals surface area (Å²) in [6, 6.07) is 9.95. The normalized spacial score (nSPS) is 29.6. The van der Waals surface area contributed by atoms with Gasteiger partial charge in [0.2, 0.25) is 0 Å².